The number of hydrogen-bond acceptors (Lipinski definition) is 4. The molecule has 1 aliphatic rings. The number of rotatable bonds is 8. The number of unbranched alkanes of at least 4 members (excludes halogenated alkanes) is 1. The van der Waals surface area contributed by atoms with E-state index in [1.807, 2.05) is 57.2 Å². The molecule has 0 aromatic heterocycles. The second-order valence-corrected chi connectivity index (χ2v) is 11.3. The Balaban J connectivity index is 1.65. The fourth-order valence-electron chi connectivity index (χ4n) is 3.60. The molecule has 0 aliphatic carbocycles. The van der Waals surface area contributed by atoms with E-state index in [1.165, 1.54) is 0 Å². The number of carbonyl (C=O) groups is 2. The van der Waals surface area contributed by atoms with Gasteiger partial charge < -0.3 is 15.2 Å². The Morgan fingerprint density at radius 2 is 1.78 bits per heavy atom. The zero-order valence-corrected chi connectivity index (χ0v) is 20.0. The van der Waals surface area contributed by atoms with Gasteiger partial charge in [-0.15, -0.1) is 0 Å². The highest BCUT2D eigenvalue weighted by atomic mass is 31.1. The number of hydrogen-bond donors (Lipinski definition) is 2. The Labute approximate surface area is 191 Å². The van der Waals surface area contributed by atoms with Gasteiger partial charge in [0.15, 0.2) is 0 Å². The van der Waals surface area contributed by atoms with Crippen LogP contribution in [0.15, 0.2) is 48.5 Å². The van der Waals surface area contributed by atoms with Crippen LogP contribution in [0.4, 0.5) is 15.3 Å². The Morgan fingerprint density at radius 3 is 2.47 bits per heavy atom. The van der Waals surface area contributed by atoms with E-state index < -0.39 is 13.5 Å². The van der Waals surface area contributed by atoms with Gasteiger partial charge >= 0.3 is 6.09 Å². The summed E-state index contributed by atoms with van der Waals surface area (Å²) in [6, 6.07) is 15.9. The summed E-state index contributed by atoms with van der Waals surface area (Å²) in [5, 5.41) is 12.2. The second kappa shape index (κ2) is 10.9. The Hall–Kier alpha value is -2.43. The fourth-order valence-corrected chi connectivity index (χ4v) is 5.65. The molecule has 0 saturated carbocycles. The minimum Gasteiger partial charge on any atom is -0.444 e. The van der Waals surface area contributed by atoms with E-state index in [2.05, 4.69) is 17.4 Å². The van der Waals surface area contributed by atoms with Gasteiger partial charge in [0.1, 0.15) is 5.60 Å². The van der Waals surface area contributed by atoms with Crippen LogP contribution in [-0.2, 0) is 24.0 Å². The molecule has 0 saturated heterocycles. The largest absolute Gasteiger partial charge is 0.444 e. The molecule has 3 rings (SSSR count). The average molecular weight is 457 g/mol. The molecule has 1 heterocycles. The molecule has 2 N–H and O–H groups in total. The van der Waals surface area contributed by atoms with E-state index in [0.29, 0.717) is 19.5 Å². The van der Waals surface area contributed by atoms with Gasteiger partial charge in [0, 0.05) is 31.5 Å². The summed E-state index contributed by atoms with van der Waals surface area (Å²) in [6.07, 6.45) is 2.73. The fraction of sp³-hybridized carbons (Fsp3) is 0.440. The number of aliphatic hydroxyl groups excluding tert-OH is 1. The maximum atomic E-state index is 13.1. The van der Waals surface area contributed by atoms with Crippen molar-refractivity contribution in [2.45, 2.75) is 58.5 Å². The molecule has 32 heavy (non-hydrogen) atoms. The third kappa shape index (κ3) is 7.04. The number of nitrogens with zero attached hydrogens (tertiary/aromatic N) is 1. The number of aliphatic hydroxyl groups is 1. The molecule has 2 aromatic rings. The maximum absolute atomic E-state index is 13.1. The minimum atomic E-state index is -0.920. The lowest BCUT2D eigenvalue weighted by Crippen LogP contribution is -2.33. The minimum absolute atomic E-state index is 0.0451. The number of benzene rings is 2. The average Bonchev–Trinajstić information content (AvgIpc) is 3.16. The number of anilines is 1. The van der Waals surface area contributed by atoms with Crippen molar-refractivity contribution in [3.63, 3.8) is 0 Å². The first-order valence-electron chi connectivity index (χ1n) is 11.1. The number of nitrogens with one attached hydrogen (secondary N) is 1. The molecule has 2 amide bonds. The molecule has 0 bridgehead atoms. The SMILES string of the molecule is CC(C)(C)OC(=O)N1Cc2ccc(NC(=O)P(CCCCO)Cc3ccccc3)cc2C1. The number of ether oxygens (including phenoxy) is 1. The highest BCUT2D eigenvalue weighted by molar-refractivity contribution is 7.74. The van der Waals surface area contributed by atoms with Crippen molar-refractivity contribution in [2.24, 2.45) is 0 Å². The zero-order valence-electron chi connectivity index (χ0n) is 19.1. The van der Waals surface area contributed by atoms with Gasteiger partial charge in [-0.25, -0.2) is 4.79 Å². The molecule has 2 aromatic carbocycles. The molecule has 1 unspecified atom stereocenters. The van der Waals surface area contributed by atoms with Gasteiger partial charge in [-0.05, 0) is 76.5 Å². The summed E-state index contributed by atoms with van der Waals surface area (Å²) in [4.78, 5) is 27.2. The summed E-state index contributed by atoms with van der Waals surface area (Å²) in [5.74, 6) is 0. The zero-order chi connectivity index (χ0) is 23.1. The lowest BCUT2D eigenvalue weighted by Gasteiger charge is -2.24. The maximum Gasteiger partial charge on any atom is 0.410 e. The molecule has 0 spiro atoms. The quantitative estimate of drug-likeness (QED) is 0.382. The summed E-state index contributed by atoms with van der Waals surface area (Å²) in [6.45, 7) is 6.71. The van der Waals surface area contributed by atoms with Crippen LogP contribution in [-0.4, -0.2) is 40.1 Å². The van der Waals surface area contributed by atoms with Crippen molar-refractivity contribution < 1.29 is 19.4 Å². The first-order valence-corrected chi connectivity index (χ1v) is 12.8. The van der Waals surface area contributed by atoms with Crippen molar-refractivity contribution in [1.29, 1.82) is 0 Å². The van der Waals surface area contributed by atoms with Crippen LogP contribution >= 0.6 is 7.92 Å². The summed E-state index contributed by atoms with van der Waals surface area (Å²) < 4.78 is 5.48. The predicted octanol–water partition coefficient (Wildman–Crippen LogP) is 5.92. The van der Waals surface area contributed by atoms with Crippen molar-refractivity contribution >= 4 is 25.4 Å². The normalized spacial score (nSPS) is 14.1. The molecular formula is C25H33N2O4P. The molecule has 7 heteroatoms. The van der Waals surface area contributed by atoms with Crippen molar-refractivity contribution in [2.75, 3.05) is 18.1 Å². The van der Waals surface area contributed by atoms with E-state index in [9.17, 15) is 9.59 Å². The third-order valence-electron chi connectivity index (χ3n) is 5.17. The van der Waals surface area contributed by atoms with Crippen LogP contribution in [0.1, 0.15) is 50.3 Å². The van der Waals surface area contributed by atoms with Gasteiger partial charge in [-0.2, -0.15) is 0 Å². The predicted molar refractivity (Wildman–Crippen MR) is 129 cm³/mol. The standard InChI is InChI=1S/C25H33N2O4P/c1-25(2,3)31-24(30)27-16-20-11-12-22(15-21(20)17-27)26-23(29)32(14-8-7-13-28)18-19-9-5-4-6-10-19/h4-6,9-12,15,28H,7-8,13-14,16-18H2,1-3H3,(H,26,29). The Bertz CT molecular complexity index is 927. The van der Waals surface area contributed by atoms with E-state index in [4.69, 9.17) is 9.84 Å². The first kappa shape index (κ1) is 24.2. The van der Waals surface area contributed by atoms with E-state index in [1.54, 1.807) is 4.90 Å². The van der Waals surface area contributed by atoms with E-state index in [0.717, 1.165) is 41.1 Å². The van der Waals surface area contributed by atoms with Crippen molar-refractivity contribution in [3.8, 4) is 0 Å². The molecule has 0 fully saturated rings. The summed E-state index contributed by atoms with van der Waals surface area (Å²) in [5.41, 5.74) is 3.52. The number of carbonyl (C=O) groups excluding carboxylic acids is 2. The Morgan fingerprint density at radius 1 is 1.06 bits per heavy atom. The lowest BCUT2D eigenvalue weighted by molar-refractivity contribution is 0.0242. The number of amides is 2. The topological polar surface area (TPSA) is 78.9 Å². The van der Waals surface area contributed by atoms with Gasteiger partial charge in [0.05, 0.1) is 0 Å². The van der Waals surface area contributed by atoms with Crippen molar-refractivity contribution in [1.82, 2.24) is 4.90 Å². The number of fused-ring (bicyclic) bond motifs is 1. The van der Waals surface area contributed by atoms with Crippen LogP contribution in [0.25, 0.3) is 0 Å². The second-order valence-electron chi connectivity index (χ2n) is 9.09. The highest BCUT2D eigenvalue weighted by Gasteiger charge is 2.28. The smallest absolute Gasteiger partial charge is 0.410 e. The van der Waals surface area contributed by atoms with E-state index in [-0.39, 0.29) is 18.3 Å². The lowest BCUT2D eigenvalue weighted by atomic mass is 10.1. The van der Waals surface area contributed by atoms with Gasteiger partial charge in [0.2, 0.25) is 5.65 Å². The van der Waals surface area contributed by atoms with Gasteiger partial charge in [-0.3, -0.25) is 9.69 Å². The molecule has 1 aliphatic heterocycles. The van der Waals surface area contributed by atoms with E-state index >= 15 is 0 Å². The van der Waals surface area contributed by atoms with Crippen LogP contribution in [0.3, 0.4) is 0 Å². The first-order chi connectivity index (χ1) is 15.2. The summed E-state index contributed by atoms with van der Waals surface area (Å²) >= 11 is 0. The van der Waals surface area contributed by atoms with Crippen LogP contribution in [0.2, 0.25) is 0 Å². The van der Waals surface area contributed by atoms with Crippen molar-refractivity contribution in [3.05, 3.63) is 65.2 Å². The molecular weight excluding hydrogens is 423 g/mol. The van der Waals surface area contributed by atoms with Gasteiger partial charge in [-0.1, -0.05) is 36.4 Å². The Kier molecular flexibility index (Phi) is 8.27. The van der Waals surface area contributed by atoms with Gasteiger partial charge in [0.25, 0.3) is 0 Å². The highest BCUT2D eigenvalue weighted by Crippen LogP contribution is 2.42. The molecule has 0 radical (unpaired) electrons. The molecule has 6 nitrogen and oxygen atoms in total. The molecule has 1 atom stereocenters. The summed E-state index contributed by atoms with van der Waals surface area (Å²) in [7, 11) is -0.920. The van der Waals surface area contributed by atoms with Crippen LogP contribution in [0.5, 0.6) is 0 Å². The molecule has 172 valence electrons. The third-order valence-corrected chi connectivity index (χ3v) is 7.46. The monoisotopic (exact) mass is 456 g/mol. The van der Waals surface area contributed by atoms with Crippen LogP contribution < -0.4 is 5.32 Å². The van der Waals surface area contributed by atoms with Crippen LogP contribution in [0, 0.1) is 0 Å².